The smallest absolute Gasteiger partial charge is 0.171 e. The van der Waals surface area contributed by atoms with Gasteiger partial charge in [-0.25, -0.2) is 4.98 Å². The molecule has 0 N–H and O–H groups in total. The van der Waals surface area contributed by atoms with Crippen LogP contribution in [0.5, 0.6) is 0 Å². The van der Waals surface area contributed by atoms with Crippen LogP contribution in [0.3, 0.4) is 0 Å². The van der Waals surface area contributed by atoms with Crippen LogP contribution in [0.15, 0.2) is 24.3 Å². The van der Waals surface area contributed by atoms with Gasteiger partial charge >= 0.3 is 0 Å². The maximum Gasteiger partial charge on any atom is 0.171 e. The van der Waals surface area contributed by atoms with E-state index in [4.69, 9.17) is 11.6 Å². The highest BCUT2D eigenvalue weighted by Gasteiger charge is 2.30. The number of hydrogen-bond donors (Lipinski definition) is 0. The van der Waals surface area contributed by atoms with Crippen LogP contribution in [0.4, 0.5) is 0 Å². The van der Waals surface area contributed by atoms with Crippen molar-refractivity contribution in [2.24, 2.45) is 0 Å². The molecule has 1 aromatic heterocycles. The number of benzene rings is 1. The van der Waals surface area contributed by atoms with E-state index in [0.29, 0.717) is 5.92 Å². The van der Waals surface area contributed by atoms with Gasteiger partial charge in [-0.1, -0.05) is 23.7 Å². The van der Waals surface area contributed by atoms with Gasteiger partial charge in [0, 0.05) is 24.3 Å². The van der Waals surface area contributed by atoms with Gasteiger partial charge in [-0.3, -0.25) is 4.79 Å². The zero-order valence-electron chi connectivity index (χ0n) is 10.6. The maximum atomic E-state index is 11.7. The molecule has 1 fully saturated rings. The minimum Gasteiger partial charge on any atom is -0.294 e. The summed E-state index contributed by atoms with van der Waals surface area (Å²) in [4.78, 5) is 17.2. The van der Waals surface area contributed by atoms with E-state index in [2.05, 4.69) is 4.98 Å². The van der Waals surface area contributed by atoms with E-state index in [-0.39, 0.29) is 5.78 Å². The minimum absolute atomic E-state index is 0.141. The predicted octanol–water partition coefficient (Wildman–Crippen LogP) is 4.47. The summed E-state index contributed by atoms with van der Waals surface area (Å²) in [6, 6.07) is 7.79. The number of hydrogen-bond acceptors (Lipinski definition) is 3. The number of carbonyl (C=O) groups is 1. The largest absolute Gasteiger partial charge is 0.294 e. The first-order valence-corrected chi connectivity index (χ1v) is 7.58. The van der Waals surface area contributed by atoms with Crippen LogP contribution in [0.2, 0.25) is 5.02 Å². The maximum absolute atomic E-state index is 11.7. The van der Waals surface area contributed by atoms with Crippen molar-refractivity contribution in [2.75, 3.05) is 0 Å². The monoisotopic (exact) mass is 291 g/mol. The quantitative estimate of drug-likeness (QED) is 0.778. The number of ketones is 1. The standard InChI is InChI=1S/C15H14ClNOS/c1-9(18)15-14(11-4-5-11)17-13(19-15)8-10-2-6-12(16)7-3-10/h2-3,6-7,11H,4-5,8H2,1H3. The summed E-state index contributed by atoms with van der Waals surface area (Å²) >= 11 is 7.42. The zero-order valence-corrected chi connectivity index (χ0v) is 12.2. The molecule has 2 nitrogen and oxygen atoms in total. The van der Waals surface area contributed by atoms with Gasteiger partial charge in [0.25, 0.3) is 0 Å². The molecule has 3 rings (SSSR count). The van der Waals surface area contributed by atoms with Crippen LogP contribution in [0.1, 0.15) is 51.6 Å². The van der Waals surface area contributed by atoms with Gasteiger partial charge in [0.05, 0.1) is 15.6 Å². The lowest BCUT2D eigenvalue weighted by molar-refractivity contribution is 0.102. The number of halogens is 1. The lowest BCUT2D eigenvalue weighted by Gasteiger charge is -1.97. The number of aromatic nitrogens is 1. The van der Waals surface area contributed by atoms with Crippen molar-refractivity contribution in [1.82, 2.24) is 4.98 Å². The van der Waals surface area contributed by atoms with Gasteiger partial charge in [0.2, 0.25) is 0 Å². The number of thiazole rings is 1. The molecule has 19 heavy (non-hydrogen) atoms. The topological polar surface area (TPSA) is 30.0 Å². The average Bonchev–Trinajstić information content (AvgIpc) is 3.13. The van der Waals surface area contributed by atoms with Crippen molar-refractivity contribution >= 4 is 28.7 Å². The molecule has 2 aromatic rings. The summed E-state index contributed by atoms with van der Waals surface area (Å²) in [5, 5.41) is 1.76. The molecule has 0 unspecified atom stereocenters. The fraction of sp³-hybridized carbons (Fsp3) is 0.333. The van der Waals surface area contributed by atoms with Gasteiger partial charge in [-0.2, -0.15) is 0 Å². The van der Waals surface area contributed by atoms with E-state index < -0.39 is 0 Å². The number of Topliss-reactive ketones (excluding diaryl/α,β-unsaturated/α-hetero) is 1. The summed E-state index contributed by atoms with van der Waals surface area (Å²) in [5.74, 6) is 0.663. The lowest BCUT2D eigenvalue weighted by atomic mass is 10.1. The third-order valence-electron chi connectivity index (χ3n) is 3.25. The Labute approximate surface area is 121 Å². The van der Waals surface area contributed by atoms with E-state index in [1.54, 1.807) is 18.3 Å². The van der Waals surface area contributed by atoms with Gasteiger partial charge in [-0.05, 0) is 30.5 Å². The minimum atomic E-state index is 0.141. The Morgan fingerprint density at radius 3 is 2.63 bits per heavy atom. The second kappa shape index (κ2) is 5.06. The summed E-state index contributed by atoms with van der Waals surface area (Å²) in [5.41, 5.74) is 2.21. The Bertz CT molecular complexity index is 614. The first-order chi connectivity index (χ1) is 9.13. The fourth-order valence-corrected chi connectivity index (χ4v) is 3.32. The third-order valence-corrected chi connectivity index (χ3v) is 4.67. The average molecular weight is 292 g/mol. The summed E-state index contributed by atoms with van der Waals surface area (Å²) in [7, 11) is 0. The van der Waals surface area contributed by atoms with Gasteiger partial charge in [0.1, 0.15) is 0 Å². The highest BCUT2D eigenvalue weighted by Crippen LogP contribution is 2.43. The van der Waals surface area contributed by atoms with Crippen LogP contribution in [-0.4, -0.2) is 10.8 Å². The molecule has 1 heterocycles. The molecule has 98 valence electrons. The highest BCUT2D eigenvalue weighted by atomic mass is 35.5. The van der Waals surface area contributed by atoms with Crippen molar-refractivity contribution in [3.05, 3.63) is 50.4 Å². The van der Waals surface area contributed by atoms with E-state index in [1.807, 2.05) is 24.3 Å². The summed E-state index contributed by atoms with van der Waals surface area (Å²) in [6.07, 6.45) is 3.11. The lowest BCUT2D eigenvalue weighted by Crippen LogP contribution is -1.93. The van der Waals surface area contributed by atoms with Crippen LogP contribution in [0.25, 0.3) is 0 Å². The van der Waals surface area contributed by atoms with Crippen LogP contribution in [-0.2, 0) is 6.42 Å². The molecule has 0 atom stereocenters. The highest BCUT2D eigenvalue weighted by molar-refractivity contribution is 7.13. The molecule has 1 aromatic carbocycles. The summed E-state index contributed by atoms with van der Waals surface area (Å²) < 4.78 is 0. The SMILES string of the molecule is CC(=O)c1sc(Cc2ccc(Cl)cc2)nc1C1CC1. The van der Waals surface area contributed by atoms with Crippen molar-refractivity contribution in [3.63, 3.8) is 0 Å². The molecule has 1 aliphatic rings. The normalized spacial score (nSPS) is 14.6. The third kappa shape index (κ3) is 2.88. The Morgan fingerprint density at radius 1 is 1.37 bits per heavy atom. The molecule has 0 bridgehead atoms. The number of nitrogens with zero attached hydrogens (tertiary/aromatic N) is 1. The molecule has 0 radical (unpaired) electrons. The molecule has 1 aliphatic carbocycles. The molecule has 4 heteroatoms. The molecule has 0 saturated heterocycles. The molecule has 0 spiro atoms. The van der Waals surface area contributed by atoms with Gasteiger partial charge in [0.15, 0.2) is 5.78 Å². The van der Waals surface area contributed by atoms with Crippen molar-refractivity contribution in [1.29, 1.82) is 0 Å². The predicted molar refractivity (Wildman–Crippen MR) is 78.4 cm³/mol. The second-order valence-electron chi connectivity index (χ2n) is 4.96. The first kappa shape index (κ1) is 12.8. The molecular formula is C15H14ClNOS. The molecular weight excluding hydrogens is 278 g/mol. The van der Waals surface area contributed by atoms with Gasteiger partial charge in [-0.15, -0.1) is 11.3 Å². The van der Waals surface area contributed by atoms with Crippen molar-refractivity contribution < 1.29 is 4.79 Å². The Hall–Kier alpha value is -1.19. The number of rotatable bonds is 4. The summed E-state index contributed by atoms with van der Waals surface area (Å²) in [6.45, 7) is 1.63. The van der Waals surface area contributed by atoms with Crippen LogP contribution < -0.4 is 0 Å². The molecule has 0 aliphatic heterocycles. The first-order valence-electron chi connectivity index (χ1n) is 6.38. The van der Waals surface area contributed by atoms with E-state index in [0.717, 1.165) is 27.0 Å². The number of carbonyl (C=O) groups excluding carboxylic acids is 1. The van der Waals surface area contributed by atoms with E-state index in [1.165, 1.54) is 18.4 Å². The van der Waals surface area contributed by atoms with E-state index >= 15 is 0 Å². The zero-order chi connectivity index (χ0) is 13.4. The fourth-order valence-electron chi connectivity index (χ4n) is 2.12. The van der Waals surface area contributed by atoms with Crippen molar-refractivity contribution in [2.45, 2.75) is 32.1 Å². The Morgan fingerprint density at radius 2 is 2.05 bits per heavy atom. The van der Waals surface area contributed by atoms with E-state index in [9.17, 15) is 4.79 Å². The Kier molecular flexibility index (Phi) is 3.42. The van der Waals surface area contributed by atoms with Crippen LogP contribution >= 0.6 is 22.9 Å². The van der Waals surface area contributed by atoms with Gasteiger partial charge < -0.3 is 0 Å². The molecule has 0 amide bonds. The Balaban J connectivity index is 1.86. The molecule has 1 saturated carbocycles. The second-order valence-corrected chi connectivity index (χ2v) is 6.48. The van der Waals surface area contributed by atoms with Crippen molar-refractivity contribution in [3.8, 4) is 0 Å². The van der Waals surface area contributed by atoms with Crippen LogP contribution in [0, 0.1) is 0 Å².